The summed E-state index contributed by atoms with van der Waals surface area (Å²) in [5, 5.41) is 0.618. The second kappa shape index (κ2) is 3.51. The molecule has 0 bridgehead atoms. The molecule has 0 fully saturated rings. The number of benzene rings is 1. The Bertz CT molecular complexity index is 507. The van der Waals surface area contributed by atoms with E-state index in [1.807, 2.05) is 5.43 Å². The SMILES string of the molecule is C#CC(=O)NN1C(=O)c2ccccc2C1=O. The molecule has 0 aromatic heterocycles. The molecule has 1 N–H and O–H groups in total. The van der Waals surface area contributed by atoms with E-state index in [4.69, 9.17) is 6.42 Å². The molecule has 0 atom stereocenters. The van der Waals surface area contributed by atoms with Gasteiger partial charge in [-0.05, 0) is 18.1 Å². The van der Waals surface area contributed by atoms with E-state index in [1.54, 1.807) is 18.1 Å². The van der Waals surface area contributed by atoms with Gasteiger partial charge in [-0.15, -0.1) is 6.42 Å². The van der Waals surface area contributed by atoms with Crippen LogP contribution in [0, 0.1) is 12.3 Å². The first-order chi connectivity index (χ1) is 7.65. The molecular formula is C11H6N2O3. The first-order valence-corrected chi connectivity index (χ1v) is 4.40. The summed E-state index contributed by atoms with van der Waals surface area (Å²) in [6, 6.07) is 6.29. The lowest BCUT2D eigenvalue weighted by molar-refractivity contribution is -0.118. The van der Waals surface area contributed by atoms with Crippen LogP contribution in [0.25, 0.3) is 0 Å². The Balaban J connectivity index is 2.36. The Hall–Kier alpha value is -2.61. The first kappa shape index (κ1) is 9.93. The van der Waals surface area contributed by atoms with Crippen LogP contribution < -0.4 is 5.43 Å². The van der Waals surface area contributed by atoms with Gasteiger partial charge in [-0.2, -0.15) is 5.01 Å². The minimum absolute atomic E-state index is 0.254. The molecule has 5 heteroatoms. The number of carbonyl (C=O) groups excluding carboxylic acids is 3. The van der Waals surface area contributed by atoms with Crippen LogP contribution in [0.5, 0.6) is 0 Å². The lowest BCUT2D eigenvalue weighted by Gasteiger charge is -2.12. The van der Waals surface area contributed by atoms with Gasteiger partial charge in [-0.1, -0.05) is 12.1 Å². The molecule has 1 heterocycles. The van der Waals surface area contributed by atoms with Gasteiger partial charge >= 0.3 is 5.91 Å². The topological polar surface area (TPSA) is 66.5 Å². The summed E-state index contributed by atoms with van der Waals surface area (Å²) in [5.41, 5.74) is 2.54. The molecule has 1 aromatic rings. The molecule has 1 aromatic carbocycles. The minimum Gasteiger partial charge on any atom is -0.267 e. The van der Waals surface area contributed by atoms with E-state index < -0.39 is 17.7 Å². The number of hydrazine groups is 1. The number of rotatable bonds is 1. The molecule has 0 spiro atoms. The van der Waals surface area contributed by atoms with Crippen LogP contribution in [-0.2, 0) is 4.79 Å². The molecule has 5 nitrogen and oxygen atoms in total. The smallest absolute Gasteiger partial charge is 0.267 e. The van der Waals surface area contributed by atoms with E-state index in [2.05, 4.69) is 0 Å². The van der Waals surface area contributed by atoms with Crippen molar-refractivity contribution in [3.63, 3.8) is 0 Å². The number of hydrogen-bond acceptors (Lipinski definition) is 3. The summed E-state index contributed by atoms with van der Waals surface area (Å²) in [4.78, 5) is 34.3. The second-order valence-corrected chi connectivity index (χ2v) is 3.08. The average molecular weight is 214 g/mol. The summed E-state index contributed by atoms with van der Waals surface area (Å²) < 4.78 is 0. The van der Waals surface area contributed by atoms with Gasteiger partial charge in [-0.25, -0.2) is 5.43 Å². The van der Waals surface area contributed by atoms with Gasteiger partial charge in [0.1, 0.15) is 0 Å². The van der Waals surface area contributed by atoms with Crippen LogP contribution in [-0.4, -0.2) is 22.7 Å². The van der Waals surface area contributed by atoms with E-state index in [0.717, 1.165) is 0 Å². The van der Waals surface area contributed by atoms with Crippen LogP contribution in [0.4, 0.5) is 0 Å². The highest BCUT2D eigenvalue weighted by molar-refractivity contribution is 6.22. The molecule has 3 amide bonds. The van der Waals surface area contributed by atoms with E-state index in [-0.39, 0.29) is 11.1 Å². The van der Waals surface area contributed by atoms with Gasteiger partial charge in [0.05, 0.1) is 11.1 Å². The van der Waals surface area contributed by atoms with Crippen molar-refractivity contribution in [2.45, 2.75) is 0 Å². The van der Waals surface area contributed by atoms with Crippen LogP contribution >= 0.6 is 0 Å². The van der Waals surface area contributed by atoms with Crippen LogP contribution in [0.1, 0.15) is 20.7 Å². The summed E-state index contributed by atoms with van der Waals surface area (Å²) >= 11 is 0. The Morgan fingerprint density at radius 3 is 2.12 bits per heavy atom. The number of imide groups is 1. The fraction of sp³-hybridized carbons (Fsp3) is 0. The van der Waals surface area contributed by atoms with E-state index in [0.29, 0.717) is 5.01 Å². The molecule has 16 heavy (non-hydrogen) atoms. The van der Waals surface area contributed by atoms with E-state index in [9.17, 15) is 14.4 Å². The highest BCUT2D eigenvalue weighted by atomic mass is 16.2. The zero-order valence-corrected chi connectivity index (χ0v) is 8.06. The van der Waals surface area contributed by atoms with Crippen LogP contribution in [0.15, 0.2) is 24.3 Å². The maximum Gasteiger partial charge on any atom is 0.314 e. The molecule has 1 aliphatic heterocycles. The molecule has 0 saturated heterocycles. The van der Waals surface area contributed by atoms with Crippen molar-refractivity contribution >= 4 is 17.7 Å². The highest BCUT2D eigenvalue weighted by Gasteiger charge is 2.36. The number of fused-ring (bicyclic) bond motifs is 1. The second-order valence-electron chi connectivity index (χ2n) is 3.08. The van der Waals surface area contributed by atoms with Gasteiger partial charge in [0.25, 0.3) is 11.8 Å². The summed E-state index contributed by atoms with van der Waals surface area (Å²) in [6.45, 7) is 0. The zero-order valence-electron chi connectivity index (χ0n) is 8.06. The number of nitrogens with zero attached hydrogens (tertiary/aromatic N) is 1. The minimum atomic E-state index is -0.838. The average Bonchev–Trinajstić information content (AvgIpc) is 2.55. The summed E-state index contributed by atoms with van der Waals surface area (Å²) in [6.07, 6.45) is 4.83. The third kappa shape index (κ3) is 1.33. The predicted molar refractivity (Wildman–Crippen MR) is 53.9 cm³/mol. The number of nitrogens with one attached hydrogen (secondary N) is 1. The fourth-order valence-electron chi connectivity index (χ4n) is 1.42. The molecule has 78 valence electrons. The van der Waals surface area contributed by atoms with E-state index >= 15 is 0 Å². The van der Waals surface area contributed by atoms with Crippen molar-refractivity contribution < 1.29 is 14.4 Å². The Morgan fingerprint density at radius 2 is 1.69 bits per heavy atom. The largest absolute Gasteiger partial charge is 0.314 e. The number of carbonyl (C=O) groups is 3. The standard InChI is InChI=1S/C11H6N2O3/c1-2-9(14)12-13-10(15)7-5-3-4-6-8(7)11(13)16/h1,3-6H,(H,12,14). The van der Waals surface area contributed by atoms with Crippen molar-refractivity contribution in [1.29, 1.82) is 0 Å². The molecule has 0 radical (unpaired) electrons. The number of hydrogen-bond donors (Lipinski definition) is 1. The van der Waals surface area contributed by atoms with Crippen molar-refractivity contribution in [2.24, 2.45) is 0 Å². The van der Waals surface area contributed by atoms with Crippen LogP contribution in [0.3, 0.4) is 0 Å². The molecular weight excluding hydrogens is 208 g/mol. The molecule has 1 aliphatic rings. The zero-order chi connectivity index (χ0) is 11.7. The summed E-state index contributed by atoms with van der Waals surface area (Å²) in [5.74, 6) is -0.234. The third-order valence-electron chi connectivity index (χ3n) is 2.14. The molecule has 2 rings (SSSR count). The van der Waals surface area contributed by atoms with Gasteiger partial charge in [0, 0.05) is 0 Å². The number of amides is 3. The Labute approximate surface area is 91.0 Å². The van der Waals surface area contributed by atoms with Gasteiger partial charge < -0.3 is 0 Å². The monoisotopic (exact) mass is 214 g/mol. The van der Waals surface area contributed by atoms with Gasteiger partial charge in [0.15, 0.2) is 0 Å². The predicted octanol–water partition coefficient (Wildman–Crippen LogP) is -0.0530. The van der Waals surface area contributed by atoms with Crippen molar-refractivity contribution in [2.75, 3.05) is 0 Å². The lowest BCUT2D eigenvalue weighted by atomic mass is 10.1. The third-order valence-corrected chi connectivity index (χ3v) is 2.14. The van der Waals surface area contributed by atoms with E-state index in [1.165, 1.54) is 12.1 Å². The van der Waals surface area contributed by atoms with Gasteiger partial charge in [-0.3, -0.25) is 14.4 Å². The van der Waals surface area contributed by atoms with Crippen LogP contribution in [0.2, 0.25) is 0 Å². The van der Waals surface area contributed by atoms with Gasteiger partial charge in [0.2, 0.25) is 0 Å². The maximum atomic E-state index is 11.7. The number of terminal acetylenes is 1. The molecule has 0 unspecified atom stereocenters. The highest BCUT2D eigenvalue weighted by Crippen LogP contribution is 2.20. The normalized spacial score (nSPS) is 13.3. The maximum absolute atomic E-state index is 11.7. The lowest BCUT2D eigenvalue weighted by Crippen LogP contribution is -2.45. The Kier molecular flexibility index (Phi) is 2.18. The van der Waals surface area contributed by atoms with Crippen molar-refractivity contribution in [3.8, 4) is 12.3 Å². The summed E-state index contributed by atoms with van der Waals surface area (Å²) in [7, 11) is 0. The Morgan fingerprint density at radius 1 is 1.19 bits per heavy atom. The van der Waals surface area contributed by atoms with Crippen molar-refractivity contribution in [1.82, 2.24) is 10.4 Å². The fourth-order valence-corrected chi connectivity index (χ4v) is 1.42. The van der Waals surface area contributed by atoms with Crippen molar-refractivity contribution in [3.05, 3.63) is 35.4 Å². The first-order valence-electron chi connectivity index (χ1n) is 4.40. The molecule has 0 aliphatic carbocycles. The molecule has 0 saturated carbocycles. The quantitative estimate of drug-likeness (QED) is 0.526.